The minimum atomic E-state index is -0.518. The monoisotopic (exact) mass is 457 g/mol. The van der Waals surface area contributed by atoms with E-state index < -0.39 is 5.91 Å². The van der Waals surface area contributed by atoms with Gasteiger partial charge in [-0.05, 0) is 65.7 Å². The van der Waals surface area contributed by atoms with Crippen molar-refractivity contribution >= 4 is 45.6 Å². The highest BCUT2D eigenvalue weighted by atomic mass is 35.5. The van der Waals surface area contributed by atoms with Gasteiger partial charge in [0, 0.05) is 16.3 Å². The van der Waals surface area contributed by atoms with Gasteiger partial charge in [-0.2, -0.15) is 5.10 Å². The number of carbonyl (C=O) groups excluding carboxylic acids is 2. The lowest BCUT2D eigenvalue weighted by molar-refractivity contribution is 0.0953. The molecule has 0 radical (unpaired) electrons. The molecule has 0 spiro atoms. The first-order chi connectivity index (χ1) is 15.9. The number of nitrogens with one attached hydrogen (secondary N) is 2. The molecule has 0 saturated heterocycles. The molecular formula is C26H20ClN3O3. The molecule has 6 nitrogen and oxygen atoms in total. The van der Waals surface area contributed by atoms with Gasteiger partial charge in [0.1, 0.15) is 5.75 Å². The third kappa shape index (κ3) is 5.02. The van der Waals surface area contributed by atoms with Gasteiger partial charge in [-0.15, -0.1) is 0 Å². The number of hydrazone groups is 1. The number of carbonyl (C=O) groups is 2. The minimum Gasteiger partial charge on any atom is -0.507 e. The first-order valence-corrected chi connectivity index (χ1v) is 10.5. The smallest absolute Gasteiger partial charge is 0.275 e. The van der Waals surface area contributed by atoms with Crippen LogP contribution in [0.3, 0.4) is 0 Å². The molecule has 3 N–H and O–H groups in total. The molecule has 0 aliphatic heterocycles. The fraction of sp³-hybridized carbons (Fsp3) is 0.0385. The van der Waals surface area contributed by atoms with Gasteiger partial charge < -0.3 is 10.4 Å². The molecule has 4 aromatic rings. The first-order valence-electron chi connectivity index (χ1n) is 10.1. The zero-order valence-electron chi connectivity index (χ0n) is 17.7. The molecule has 0 bridgehead atoms. The number of nitrogens with zero attached hydrogens (tertiary/aromatic N) is 1. The zero-order chi connectivity index (χ0) is 23.4. The Morgan fingerprint density at radius 3 is 2.39 bits per heavy atom. The van der Waals surface area contributed by atoms with Crippen LogP contribution >= 0.6 is 11.6 Å². The van der Waals surface area contributed by atoms with Crippen LogP contribution in [0.5, 0.6) is 5.75 Å². The second kappa shape index (κ2) is 9.54. The summed E-state index contributed by atoms with van der Waals surface area (Å²) < 4.78 is 0. The minimum absolute atomic E-state index is 0.119. The molecule has 4 rings (SSSR count). The summed E-state index contributed by atoms with van der Waals surface area (Å²) in [5.74, 6) is -0.903. The van der Waals surface area contributed by atoms with Crippen molar-refractivity contribution in [1.29, 1.82) is 0 Å². The van der Waals surface area contributed by atoms with Gasteiger partial charge in [0.25, 0.3) is 11.8 Å². The Hall–Kier alpha value is -4.16. The molecule has 0 aliphatic rings. The van der Waals surface area contributed by atoms with Crippen molar-refractivity contribution in [1.82, 2.24) is 5.43 Å². The van der Waals surface area contributed by atoms with E-state index in [4.69, 9.17) is 11.6 Å². The van der Waals surface area contributed by atoms with E-state index in [-0.39, 0.29) is 17.2 Å². The quantitative estimate of drug-likeness (QED) is 0.269. The van der Waals surface area contributed by atoms with E-state index in [9.17, 15) is 14.7 Å². The summed E-state index contributed by atoms with van der Waals surface area (Å²) in [4.78, 5) is 25.2. The predicted octanol–water partition coefficient (Wildman–Crippen LogP) is 5.61. The Morgan fingerprint density at radius 2 is 1.61 bits per heavy atom. The number of phenolic OH excluding ortho intramolecular Hbond substituents is 1. The van der Waals surface area contributed by atoms with Gasteiger partial charge in [-0.1, -0.05) is 54.1 Å². The summed E-state index contributed by atoms with van der Waals surface area (Å²) in [6.45, 7) is 1.74. The molecule has 4 aromatic carbocycles. The fourth-order valence-corrected chi connectivity index (χ4v) is 3.51. The van der Waals surface area contributed by atoms with Crippen molar-refractivity contribution in [3.05, 3.63) is 107 Å². The molecule has 33 heavy (non-hydrogen) atoms. The molecule has 7 heteroatoms. The van der Waals surface area contributed by atoms with Gasteiger partial charge in [-0.3, -0.25) is 9.59 Å². The number of aromatic hydroxyl groups is 1. The van der Waals surface area contributed by atoms with Crippen molar-refractivity contribution in [2.75, 3.05) is 5.32 Å². The number of amides is 2. The average Bonchev–Trinajstić information content (AvgIpc) is 2.82. The Kier molecular flexibility index (Phi) is 6.38. The van der Waals surface area contributed by atoms with Crippen LogP contribution in [0.1, 0.15) is 33.2 Å². The van der Waals surface area contributed by atoms with E-state index in [1.54, 1.807) is 67.6 Å². The van der Waals surface area contributed by atoms with Crippen LogP contribution < -0.4 is 10.7 Å². The third-order valence-corrected chi connectivity index (χ3v) is 5.36. The van der Waals surface area contributed by atoms with Crippen molar-refractivity contribution in [2.45, 2.75) is 6.92 Å². The summed E-state index contributed by atoms with van der Waals surface area (Å²) >= 11 is 5.87. The number of hydrogen-bond acceptors (Lipinski definition) is 4. The number of rotatable bonds is 5. The second-order valence-corrected chi connectivity index (χ2v) is 7.80. The van der Waals surface area contributed by atoms with Crippen molar-refractivity contribution in [2.24, 2.45) is 5.10 Å². The molecule has 164 valence electrons. The van der Waals surface area contributed by atoms with Crippen molar-refractivity contribution in [3.63, 3.8) is 0 Å². The number of fused-ring (bicyclic) bond motifs is 1. The van der Waals surface area contributed by atoms with Gasteiger partial charge in [0.2, 0.25) is 0 Å². The average molecular weight is 458 g/mol. The third-order valence-electron chi connectivity index (χ3n) is 5.10. The van der Waals surface area contributed by atoms with E-state index in [2.05, 4.69) is 15.8 Å². The molecule has 0 aliphatic carbocycles. The highest BCUT2D eigenvalue weighted by Gasteiger charge is 2.15. The second-order valence-electron chi connectivity index (χ2n) is 7.36. The van der Waals surface area contributed by atoms with E-state index in [1.807, 2.05) is 18.2 Å². The van der Waals surface area contributed by atoms with E-state index in [0.29, 0.717) is 32.9 Å². The standard InChI is InChI=1S/C26H20ClN3O3/c1-16(29-30-26(33)24-22-8-3-2-5-17(22)11-14-23(24)31)19-6-4-7-21(15-19)28-25(32)18-9-12-20(27)13-10-18/h2-15,31H,1H3,(H,28,32)(H,30,33)/b29-16+. The fourth-order valence-electron chi connectivity index (χ4n) is 3.38. The number of hydrogen-bond donors (Lipinski definition) is 3. The van der Waals surface area contributed by atoms with Gasteiger partial charge in [0.15, 0.2) is 0 Å². The maximum Gasteiger partial charge on any atom is 0.275 e. The van der Waals surface area contributed by atoms with E-state index in [1.165, 1.54) is 6.07 Å². The predicted molar refractivity (Wildman–Crippen MR) is 131 cm³/mol. The zero-order valence-corrected chi connectivity index (χ0v) is 18.4. The Balaban J connectivity index is 1.51. The highest BCUT2D eigenvalue weighted by molar-refractivity contribution is 6.30. The van der Waals surface area contributed by atoms with Gasteiger partial charge >= 0.3 is 0 Å². The highest BCUT2D eigenvalue weighted by Crippen LogP contribution is 2.27. The molecule has 0 saturated carbocycles. The maximum atomic E-state index is 12.8. The lowest BCUT2D eigenvalue weighted by Gasteiger charge is -2.09. The Bertz CT molecular complexity index is 1380. The van der Waals surface area contributed by atoms with Crippen LogP contribution in [0.2, 0.25) is 5.02 Å². The lowest BCUT2D eigenvalue weighted by atomic mass is 10.0. The first kappa shape index (κ1) is 22.0. The van der Waals surface area contributed by atoms with Gasteiger partial charge in [-0.25, -0.2) is 5.43 Å². The van der Waals surface area contributed by atoms with Crippen LogP contribution in [-0.2, 0) is 0 Å². The largest absolute Gasteiger partial charge is 0.507 e. The number of anilines is 1. The van der Waals surface area contributed by atoms with Crippen molar-refractivity contribution < 1.29 is 14.7 Å². The topological polar surface area (TPSA) is 90.8 Å². The summed E-state index contributed by atoms with van der Waals surface area (Å²) in [6, 6.07) is 24.3. The normalized spacial score (nSPS) is 11.3. The molecule has 2 amide bonds. The van der Waals surface area contributed by atoms with Crippen LogP contribution in [0, 0.1) is 0 Å². The summed E-state index contributed by atoms with van der Waals surface area (Å²) in [5.41, 5.74) is 4.99. The summed E-state index contributed by atoms with van der Waals surface area (Å²) in [6.07, 6.45) is 0. The van der Waals surface area contributed by atoms with Gasteiger partial charge in [0.05, 0.1) is 11.3 Å². The SMILES string of the molecule is C/C(=N\NC(=O)c1c(O)ccc2ccccc12)c1cccc(NC(=O)c2ccc(Cl)cc2)c1. The Morgan fingerprint density at radius 1 is 0.848 bits per heavy atom. The van der Waals surface area contributed by atoms with Crippen LogP contribution in [0.4, 0.5) is 5.69 Å². The molecule has 0 aromatic heterocycles. The van der Waals surface area contributed by atoms with Crippen LogP contribution in [0.25, 0.3) is 10.8 Å². The molecule has 0 heterocycles. The lowest BCUT2D eigenvalue weighted by Crippen LogP contribution is -2.20. The molecule has 0 atom stereocenters. The Labute approximate surface area is 195 Å². The van der Waals surface area contributed by atoms with E-state index in [0.717, 1.165) is 5.39 Å². The van der Waals surface area contributed by atoms with Crippen molar-refractivity contribution in [3.8, 4) is 5.75 Å². The summed E-state index contributed by atoms with van der Waals surface area (Å²) in [5, 5.41) is 19.3. The number of benzene rings is 4. The van der Waals surface area contributed by atoms with Crippen LogP contribution in [0.15, 0.2) is 90.0 Å². The van der Waals surface area contributed by atoms with Crippen LogP contribution in [-0.4, -0.2) is 22.6 Å². The maximum absolute atomic E-state index is 12.8. The summed E-state index contributed by atoms with van der Waals surface area (Å²) in [7, 11) is 0. The number of phenols is 1. The molecular weight excluding hydrogens is 438 g/mol. The van der Waals surface area contributed by atoms with E-state index >= 15 is 0 Å². The number of halogens is 1. The molecule has 0 fully saturated rings. The molecule has 0 unspecified atom stereocenters.